The van der Waals surface area contributed by atoms with Gasteiger partial charge in [-0.3, -0.25) is 0 Å². The van der Waals surface area contributed by atoms with Gasteiger partial charge in [0, 0.05) is 0 Å². The predicted molar refractivity (Wildman–Crippen MR) is 251 cm³/mol. The summed E-state index contributed by atoms with van der Waals surface area (Å²) in [6, 6.07) is 0. The Kier molecular flexibility index (Phi) is 38.3. The molecule has 0 aliphatic heterocycles. The van der Waals surface area contributed by atoms with Gasteiger partial charge in [0.25, 0.3) is 0 Å². The van der Waals surface area contributed by atoms with Crippen LogP contribution in [0.2, 0.25) is 0 Å². The summed E-state index contributed by atoms with van der Waals surface area (Å²) in [5, 5.41) is 0. The van der Waals surface area contributed by atoms with Crippen molar-refractivity contribution in [2.45, 2.75) is 283 Å². The van der Waals surface area contributed by atoms with Crippen molar-refractivity contribution in [1.82, 2.24) is 0 Å². The molecule has 0 amide bonds. The van der Waals surface area contributed by atoms with E-state index in [9.17, 15) is 0 Å². The standard InChI is InChI=1S/4C12H22.C7H10/c4*1-2-4-6-8-10-12-11-9-7-5-3-1;1-2-7-4-3-6(1)5-7/h4*1-2H,3-12H2;1,7H,2-5H2. The zero-order valence-corrected chi connectivity index (χ0v) is 37.4. The minimum Gasteiger partial charge on any atom is -0.0885 e. The van der Waals surface area contributed by atoms with Crippen molar-refractivity contribution in [1.29, 1.82) is 0 Å². The van der Waals surface area contributed by atoms with Gasteiger partial charge in [0.1, 0.15) is 0 Å². The second-order valence-corrected chi connectivity index (χ2v) is 18.2. The van der Waals surface area contributed by atoms with Crippen LogP contribution in [0.5, 0.6) is 0 Å². The Morgan fingerprint density at radius 1 is 0.255 bits per heavy atom. The molecular weight excluding hydrogens is 661 g/mol. The lowest BCUT2D eigenvalue weighted by Gasteiger charge is -2.02. The molecule has 0 saturated heterocycles. The molecular formula is C55H98. The molecule has 0 aromatic rings. The number of hydrogen-bond acceptors (Lipinski definition) is 0. The van der Waals surface area contributed by atoms with Crippen molar-refractivity contribution in [2.75, 3.05) is 0 Å². The quantitative estimate of drug-likeness (QED) is 0.216. The zero-order valence-electron chi connectivity index (χ0n) is 37.4. The average molecular weight is 759 g/mol. The maximum atomic E-state index is 2.42. The molecule has 6 aliphatic carbocycles. The van der Waals surface area contributed by atoms with Crippen molar-refractivity contribution in [3.63, 3.8) is 0 Å². The Morgan fingerprint density at radius 3 is 0.564 bits per heavy atom. The van der Waals surface area contributed by atoms with E-state index >= 15 is 0 Å². The fourth-order valence-corrected chi connectivity index (χ4v) is 8.97. The van der Waals surface area contributed by atoms with Crippen LogP contribution in [0.1, 0.15) is 283 Å². The van der Waals surface area contributed by atoms with Gasteiger partial charge in [0.2, 0.25) is 0 Å². The van der Waals surface area contributed by atoms with E-state index in [1.165, 1.54) is 283 Å². The first kappa shape index (κ1) is 49.8. The van der Waals surface area contributed by atoms with Crippen molar-refractivity contribution in [3.8, 4) is 0 Å². The first-order chi connectivity index (χ1) is 27.4. The molecule has 6 rings (SSSR count). The van der Waals surface area contributed by atoms with Crippen LogP contribution in [0.3, 0.4) is 0 Å². The molecule has 1 fully saturated rings. The second kappa shape index (κ2) is 42.3. The van der Waals surface area contributed by atoms with E-state index in [2.05, 4.69) is 54.7 Å². The normalized spacial score (nSPS) is 24.4. The van der Waals surface area contributed by atoms with Gasteiger partial charge in [0.05, 0.1) is 0 Å². The third kappa shape index (κ3) is 36.8. The summed E-state index contributed by atoms with van der Waals surface area (Å²) < 4.78 is 0. The van der Waals surface area contributed by atoms with Gasteiger partial charge in [-0.05, 0) is 134 Å². The SMILES string of the molecule is C1=C2CCC(C1)C2.C1=CCCCCCCCCCC1.C1=CCCCCCCCCCC1.C1=CCCCCCCCCCC1.C1=CCCCCCCCCCC1. The maximum Gasteiger partial charge on any atom is -0.0289 e. The van der Waals surface area contributed by atoms with Gasteiger partial charge in [-0.1, -0.05) is 214 Å². The van der Waals surface area contributed by atoms with Gasteiger partial charge in [0.15, 0.2) is 0 Å². The smallest absolute Gasteiger partial charge is 0.0289 e. The summed E-state index contributed by atoms with van der Waals surface area (Å²) >= 11 is 0. The van der Waals surface area contributed by atoms with E-state index in [-0.39, 0.29) is 0 Å². The summed E-state index contributed by atoms with van der Waals surface area (Å²) in [5.41, 5.74) is 1.74. The van der Waals surface area contributed by atoms with Crippen molar-refractivity contribution in [3.05, 3.63) is 60.3 Å². The fourth-order valence-electron chi connectivity index (χ4n) is 8.97. The first-order valence-electron chi connectivity index (χ1n) is 25.7. The van der Waals surface area contributed by atoms with E-state index in [4.69, 9.17) is 0 Å². The minimum absolute atomic E-state index is 1.08. The van der Waals surface area contributed by atoms with Crippen LogP contribution in [0.4, 0.5) is 0 Å². The minimum atomic E-state index is 1.08. The second-order valence-electron chi connectivity index (χ2n) is 18.2. The average Bonchev–Trinajstić information content (AvgIpc) is 3.84. The van der Waals surface area contributed by atoms with Crippen LogP contribution in [-0.2, 0) is 0 Å². The molecule has 1 atom stereocenters. The van der Waals surface area contributed by atoms with Crippen LogP contribution in [0, 0.1) is 5.92 Å². The predicted octanol–water partition coefficient (Wildman–Crippen LogP) is 19.9. The van der Waals surface area contributed by atoms with Gasteiger partial charge in [-0.25, -0.2) is 0 Å². The highest BCUT2D eigenvalue weighted by atomic mass is 14.3. The summed E-state index contributed by atoms with van der Waals surface area (Å²) in [7, 11) is 0. The van der Waals surface area contributed by atoms with Crippen LogP contribution >= 0.6 is 0 Å². The Labute approximate surface area is 347 Å². The number of hydrogen-bond donors (Lipinski definition) is 0. The van der Waals surface area contributed by atoms with Crippen LogP contribution in [-0.4, -0.2) is 0 Å². The zero-order chi connectivity index (χ0) is 38.6. The van der Waals surface area contributed by atoms with Crippen molar-refractivity contribution >= 4 is 0 Å². The highest BCUT2D eigenvalue weighted by Crippen LogP contribution is 2.39. The van der Waals surface area contributed by atoms with E-state index in [1.54, 1.807) is 5.57 Å². The summed E-state index contributed by atoms with van der Waals surface area (Å²) in [6.07, 6.45) is 84.2. The van der Waals surface area contributed by atoms with Gasteiger partial charge in [-0.2, -0.15) is 0 Å². The molecule has 0 spiro atoms. The molecule has 2 bridgehead atoms. The Morgan fingerprint density at radius 2 is 0.455 bits per heavy atom. The van der Waals surface area contributed by atoms with E-state index < -0.39 is 0 Å². The molecule has 0 aromatic carbocycles. The van der Waals surface area contributed by atoms with Crippen molar-refractivity contribution in [2.24, 2.45) is 5.92 Å². The van der Waals surface area contributed by atoms with Gasteiger partial charge < -0.3 is 0 Å². The Hall–Kier alpha value is -1.30. The Balaban J connectivity index is 0.000000239. The topological polar surface area (TPSA) is 0 Å². The fraction of sp³-hybridized carbons (Fsp3) is 0.818. The van der Waals surface area contributed by atoms with Crippen LogP contribution < -0.4 is 0 Å². The molecule has 0 heteroatoms. The van der Waals surface area contributed by atoms with E-state index in [1.807, 2.05) is 0 Å². The molecule has 0 nitrogen and oxygen atoms in total. The lowest BCUT2D eigenvalue weighted by Crippen LogP contribution is -1.85. The molecule has 0 N–H and O–H groups in total. The molecule has 318 valence electrons. The Bertz CT molecular complexity index is 736. The lowest BCUT2D eigenvalue weighted by molar-refractivity contribution is 0.566. The lowest BCUT2D eigenvalue weighted by atomic mass is 10.0. The molecule has 0 radical (unpaired) electrons. The molecule has 1 unspecified atom stereocenters. The maximum absolute atomic E-state index is 2.42. The third-order valence-electron chi connectivity index (χ3n) is 12.8. The van der Waals surface area contributed by atoms with Crippen LogP contribution in [0.15, 0.2) is 60.3 Å². The number of rotatable bonds is 0. The number of fused-ring (bicyclic) bond motifs is 2. The highest BCUT2D eigenvalue weighted by molar-refractivity contribution is 5.15. The van der Waals surface area contributed by atoms with Gasteiger partial charge in [-0.15, -0.1) is 0 Å². The molecule has 0 heterocycles. The summed E-state index contributed by atoms with van der Waals surface area (Å²) in [5.74, 6) is 1.08. The molecule has 0 aromatic heterocycles. The highest BCUT2D eigenvalue weighted by Gasteiger charge is 2.23. The summed E-state index contributed by atoms with van der Waals surface area (Å²) in [6.45, 7) is 0. The van der Waals surface area contributed by atoms with E-state index in [0.29, 0.717) is 0 Å². The van der Waals surface area contributed by atoms with Gasteiger partial charge >= 0.3 is 0 Å². The van der Waals surface area contributed by atoms with Crippen molar-refractivity contribution < 1.29 is 0 Å². The first-order valence-corrected chi connectivity index (χ1v) is 25.7. The summed E-state index contributed by atoms with van der Waals surface area (Å²) in [4.78, 5) is 0. The number of allylic oxidation sites excluding steroid dienone is 10. The van der Waals surface area contributed by atoms with E-state index in [0.717, 1.165) is 5.92 Å². The van der Waals surface area contributed by atoms with Crippen LogP contribution in [0.25, 0.3) is 0 Å². The monoisotopic (exact) mass is 759 g/mol. The largest absolute Gasteiger partial charge is 0.0885 e. The molecule has 55 heavy (non-hydrogen) atoms. The molecule has 6 aliphatic rings. The third-order valence-corrected chi connectivity index (χ3v) is 12.8. The molecule has 1 saturated carbocycles.